The molecule has 0 fully saturated rings. The summed E-state index contributed by atoms with van der Waals surface area (Å²) < 4.78 is 36.2. The number of methoxy groups -OCH3 is 1. The molecular weight excluding hydrogens is 300 g/mol. The normalized spacial score (nSPS) is 11.0. The zero-order chi connectivity index (χ0) is 16.6. The molecule has 1 heterocycles. The van der Waals surface area contributed by atoms with E-state index in [1.807, 2.05) is 6.92 Å². The van der Waals surface area contributed by atoms with E-state index in [0.717, 1.165) is 6.07 Å². The minimum atomic E-state index is -0.769. The zero-order valence-corrected chi connectivity index (χ0v) is 12.8. The van der Waals surface area contributed by atoms with Gasteiger partial charge in [-0.25, -0.2) is 8.78 Å². The second-order valence-electron chi connectivity index (χ2n) is 5.14. The Morgan fingerprint density at radius 1 is 1.17 bits per heavy atom. The van der Waals surface area contributed by atoms with Crippen molar-refractivity contribution in [2.45, 2.75) is 13.5 Å². The maximum absolute atomic E-state index is 15.0. The molecule has 0 N–H and O–H groups in total. The molecule has 1 aromatic heterocycles. The van der Waals surface area contributed by atoms with E-state index in [1.54, 1.807) is 28.8 Å². The molecule has 5 heteroatoms. The molecule has 0 aliphatic carbocycles. The standard InChI is InChI=1S/C18H15F2NO2/c1-3-21-8-7-15(22)13-10-14(19)16(17(20)18(13)21)11-5-4-6-12(9-11)23-2/h4-10H,3H2,1-2H3. The molecule has 0 bridgehead atoms. The van der Waals surface area contributed by atoms with Crippen molar-refractivity contribution >= 4 is 10.9 Å². The third-order valence-electron chi connectivity index (χ3n) is 3.85. The molecule has 118 valence electrons. The molecule has 3 rings (SSSR count). The number of aromatic nitrogens is 1. The van der Waals surface area contributed by atoms with E-state index >= 15 is 4.39 Å². The van der Waals surface area contributed by atoms with E-state index in [-0.39, 0.29) is 16.5 Å². The summed E-state index contributed by atoms with van der Waals surface area (Å²) in [6.45, 7) is 2.30. The molecule has 0 aliphatic heterocycles. The van der Waals surface area contributed by atoms with E-state index in [2.05, 4.69) is 0 Å². The minimum Gasteiger partial charge on any atom is -0.497 e. The third kappa shape index (κ3) is 2.48. The number of hydrogen-bond donors (Lipinski definition) is 0. The second kappa shape index (κ2) is 5.83. The largest absolute Gasteiger partial charge is 0.497 e. The monoisotopic (exact) mass is 315 g/mol. The van der Waals surface area contributed by atoms with E-state index < -0.39 is 17.1 Å². The van der Waals surface area contributed by atoms with Crippen LogP contribution in [0.15, 0.2) is 47.4 Å². The molecule has 2 aromatic carbocycles. The quantitative estimate of drug-likeness (QED) is 0.732. The van der Waals surface area contributed by atoms with Gasteiger partial charge in [-0.15, -0.1) is 0 Å². The SMILES string of the molecule is CCn1ccc(=O)c2cc(F)c(-c3cccc(OC)c3)c(F)c21. The number of rotatable bonds is 3. The lowest BCUT2D eigenvalue weighted by Crippen LogP contribution is -2.10. The van der Waals surface area contributed by atoms with Crippen LogP contribution < -0.4 is 10.2 Å². The Labute approximate surface area is 131 Å². The number of ether oxygens (including phenoxy) is 1. The first-order valence-corrected chi connectivity index (χ1v) is 7.22. The number of hydrogen-bond acceptors (Lipinski definition) is 2. The van der Waals surface area contributed by atoms with Gasteiger partial charge in [0.1, 0.15) is 11.6 Å². The highest BCUT2D eigenvalue weighted by Crippen LogP contribution is 2.32. The third-order valence-corrected chi connectivity index (χ3v) is 3.85. The van der Waals surface area contributed by atoms with Crippen LogP contribution in [0.2, 0.25) is 0 Å². The lowest BCUT2D eigenvalue weighted by molar-refractivity contribution is 0.415. The molecule has 0 saturated heterocycles. The lowest BCUT2D eigenvalue weighted by Gasteiger charge is -2.13. The zero-order valence-electron chi connectivity index (χ0n) is 12.8. The van der Waals surface area contributed by atoms with E-state index in [1.165, 1.54) is 19.4 Å². The number of pyridine rings is 1. The van der Waals surface area contributed by atoms with Gasteiger partial charge >= 0.3 is 0 Å². The summed E-state index contributed by atoms with van der Waals surface area (Å²) in [5.41, 5.74) is -0.0942. The fourth-order valence-corrected chi connectivity index (χ4v) is 2.71. The van der Waals surface area contributed by atoms with Crippen molar-refractivity contribution in [2.24, 2.45) is 0 Å². The molecule has 0 radical (unpaired) electrons. The summed E-state index contributed by atoms with van der Waals surface area (Å²) in [6, 6.07) is 8.94. The molecule has 0 saturated carbocycles. The topological polar surface area (TPSA) is 31.2 Å². The Hall–Kier alpha value is -2.69. The Bertz CT molecular complexity index is 948. The fraction of sp³-hybridized carbons (Fsp3) is 0.167. The summed E-state index contributed by atoms with van der Waals surface area (Å²) >= 11 is 0. The number of aryl methyl sites for hydroxylation is 1. The van der Waals surface area contributed by atoms with Crippen LogP contribution in [-0.4, -0.2) is 11.7 Å². The van der Waals surface area contributed by atoms with Gasteiger partial charge < -0.3 is 9.30 Å². The maximum atomic E-state index is 15.0. The molecule has 0 aliphatic rings. The van der Waals surface area contributed by atoms with Crippen molar-refractivity contribution in [1.82, 2.24) is 4.57 Å². The molecular formula is C18H15F2NO2. The van der Waals surface area contributed by atoms with Gasteiger partial charge in [-0.05, 0) is 30.7 Å². The molecule has 0 unspecified atom stereocenters. The van der Waals surface area contributed by atoms with Crippen LogP contribution in [-0.2, 0) is 6.54 Å². The van der Waals surface area contributed by atoms with Crippen molar-refractivity contribution in [3.63, 3.8) is 0 Å². The molecule has 0 atom stereocenters. The number of benzene rings is 2. The summed E-state index contributed by atoms with van der Waals surface area (Å²) in [5, 5.41) is 0.0380. The van der Waals surface area contributed by atoms with Gasteiger partial charge in [0.25, 0.3) is 0 Å². The van der Waals surface area contributed by atoms with E-state index in [4.69, 9.17) is 4.74 Å². The highest BCUT2D eigenvalue weighted by atomic mass is 19.1. The Morgan fingerprint density at radius 2 is 1.96 bits per heavy atom. The van der Waals surface area contributed by atoms with Gasteiger partial charge in [0.15, 0.2) is 11.2 Å². The fourth-order valence-electron chi connectivity index (χ4n) is 2.71. The van der Waals surface area contributed by atoms with Crippen molar-refractivity contribution < 1.29 is 13.5 Å². The van der Waals surface area contributed by atoms with Gasteiger partial charge in [-0.2, -0.15) is 0 Å². The van der Waals surface area contributed by atoms with Crippen molar-refractivity contribution in [2.75, 3.05) is 7.11 Å². The maximum Gasteiger partial charge on any atom is 0.189 e. The predicted molar refractivity (Wildman–Crippen MR) is 85.8 cm³/mol. The van der Waals surface area contributed by atoms with Gasteiger partial charge in [0.05, 0.1) is 23.6 Å². The van der Waals surface area contributed by atoms with Gasteiger partial charge in [-0.3, -0.25) is 4.79 Å². The number of nitrogens with zero attached hydrogens (tertiary/aromatic N) is 1. The van der Waals surface area contributed by atoms with Crippen molar-refractivity contribution in [3.05, 3.63) is 64.5 Å². The van der Waals surface area contributed by atoms with Crippen LogP contribution >= 0.6 is 0 Å². The van der Waals surface area contributed by atoms with Crippen LogP contribution in [0.4, 0.5) is 8.78 Å². The number of halogens is 2. The van der Waals surface area contributed by atoms with Gasteiger partial charge in [0, 0.05) is 18.8 Å². The summed E-state index contributed by atoms with van der Waals surface area (Å²) in [7, 11) is 1.49. The Kier molecular flexibility index (Phi) is 3.86. The highest BCUT2D eigenvalue weighted by molar-refractivity contribution is 5.86. The van der Waals surface area contributed by atoms with Crippen LogP contribution in [0.3, 0.4) is 0 Å². The van der Waals surface area contributed by atoms with Crippen molar-refractivity contribution in [1.29, 1.82) is 0 Å². The van der Waals surface area contributed by atoms with E-state index in [9.17, 15) is 9.18 Å². The summed E-state index contributed by atoms with van der Waals surface area (Å²) in [6.07, 6.45) is 1.51. The van der Waals surface area contributed by atoms with Crippen LogP contribution in [0.25, 0.3) is 22.0 Å². The number of fused-ring (bicyclic) bond motifs is 1. The van der Waals surface area contributed by atoms with Crippen molar-refractivity contribution in [3.8, 4) is 16.9 Å². The second-order valence-corrected chi connectivity index (χ2v) is 5.14. The lowest BCUT2D eigenvalue weighted by atomic mass is 10.0. The molecule has 3 aromatic rings. The minimum absolute atomic E-state index is 0.0380. The Balaban J connectivity index is 2.40. The molecule has 3 nitrogen and oxygen atoms in total. The first kappa shape index (κ1) is 15.2. The van der Waals surface area contributed by atoms with Crippen LogP contribution in [0.5, 0.6) is 5.75 Å². The average Bonchev–Trinajstić information content (AvgIpc) is 2.56. The van der Waals surface area contributed by atoms with Gasteiger partial charge in [0.2, 0.25) is 0 Å². The van der Waals surface area contributed by atoms with Gasteiger partial charge in [-0.1, -0.05) is 12.1 Å². The van der Waals surface area contributed by atoms with Crippen LogP contribution in [0, 0.1) is 11.6 Å². The highest BCUT2D eigenvalue weighted by Gasteiger charge is 2.19. The first-order valence-electron chi connectivity index (χ1n) is 7.22. The first-order chi connectivity index (χ1) is 11.1. The van der Waals surface area contributed by atoms with Crippen LogP contribution in [0.1, 0.15) is 6.92 Å². The average molecular weight is 315 g/mol. The molecule has 0 spiro atoms. The summed E-state index contributed by atoms with van der Waals surface area (Å²) in [4.78, 5) is 11.9. The summed E-state index contributed by atoms with van der Waals surface area (Å²) in [5.74, 6) is -1.01. The molecule has 0 amide bonds. The Morgan fingerprint density at radius 3 is 2.65 bits per heavy atom. The predicted octanol–water partition coefficient (Wildman–Crippen LogP) is 3.98. The molecule has 23 heavy (non-hydrogen) atoms. The smallest absolute Gasteiger partial charge is 0.189 e. The van der Waals surface area contributed by atoms with E-state index in [0.29, 0.717) is 17.9 Å².